The number of alkyl halides is 7. The summed E-state index contributed by atoms with van der Waals surface area (Å²) in [5, 5.41) is 9.89. The summed E-state index contributed by atoms with van der Waals surface area (Å²) in [6.07, 6.45) is -15.6. The number of ether oxygens (including phenoxy) is 1. The van der Waals surface area contributed by atoms with E-state index in [-0.39, 0.29) is 6.92 Å². The maximum Gasteiger partial charge on any atom is 0.458 e. The fourth-order valence-electron chi connectivity index (χ4n) is 0.586. The van der Waals surface area contributed by atoms with E-state index >= 15 is 0 Å². The highest BCUT2D eigenvalue weighted by Crippen LogP contribution is 2.47. The minimum absolute atomic E-state index is 0.279. The Labute approximate surface area is 83.8 Å². The molecule has 0 bridgehead atoms. The Bertz CT molecular complexity index is 254. The van der Waals surface area contributed by atoms with Crippen LogP contribution in [0, 0.1) is 0 Å². The normalized spacial score (nSPS) is 16.0. The molecular formula is C6H4F7O3. The van der Waals surface area contributed by atoms with E-state index in [1.807, 2.05) is 0 Å². The van der Waals surface area contributed by atoms with Crippen molar-refractivity contribution in [1.82, 2.24) is 0 Å². The lowest BCUT2D eigenvalue weighted by Gasteiger charge is -2.30. The topological polar surface area (TPSA) is 46.2 Å². The van der Waals surface area contributed by atoms with Gasteiger partial charge in [-0.1, -0.05) is 0 Å². The maximum absolute atomic E-state index is 12.7. The Morgan fingerprint density at radius 3 is 1.50 bits per heavy atom. The van der Waals surface area contributed by atoms with Gasteiger partial charge in [0.05, 0.1) is 0 Å². The fourth-order valence-corrected chi connectivity index (χ4v) is 0.586. The second kappa shape index (κ2) is 4.07. The van der Waals surface area contributed by atoms with Crippen LogP contribution in [0.1, 0.15) is 6.92 Å². The molecule has 0 amide bonds. The summed E-state index contributed by atoms with van der Waals surface area (Å²) in [5.74, 6) is -8.45. The molecule has 0 saturated heterocycles. The van der Waals surface area contributed by atoms with Crippen molar-refractivity contribution in [1.29, 1.82) is 0 Å². The van der Waals surface area contributed by atoms with Gasteiger partial charge in [-0.25, -0.2) is 9.90 Å². The molecule has 0 fully saturated rings. The molecule has 1 radical (unpaired) electrons. The lowest BCUT2D eigenvalue weighted by atomic mass is 10.2. The van der Waals surface area contributed by atoms with Crippen LogP contribution in [0.3, 0.4) is 0 Å². The molecule has 3 nitrogen and oxygen atoms in total. The Morgan fingerprint density at radius 1 is 1.00 bits per heavy atom. The second-order valence-electron chi connectivity index (χ2n) is 2.67. The first-order chi connectivity index (χ1) is 6.83. The molecule has 0 aromatic carbocycles. The van der Waals surface area contributed by atoms with Gasteiger partial charge in [0.1, 0.15) is 0 Å². The maximum atomic E-state index is 12.7. The fraction of sp³-hybridized carbons (Fsp3) is 0.833. The summed E-state index contributed by atoms with van der Waals surface area (Å²) >= 11 is 0. The lowest BCUT2D eigenvalue weighted by Crippen LogP contribution is -2.57. The van der Waals surface area contributed by atoms with Gasteiger partial charge in [0.15, 0.2) is 6.10 Å². The van der Waals surface area contributed by atoms with E-state index in [0.717, 1.165) is 0 Å². The van der Waals surface area contributed by atoms with Crippen LogP contribution in [-0.2, 0) is 14.6 Å². The molecule has 0 aromatic rings. The zero-order valence-electron chi connectivity index (χ0n) is 7.45. The summed E-state index contributed by atoms with van der Waals surface area (Å²) < 4.78 is 86.2. The third kappa shape index (κ3) is 2.74. The molecule has 0 rings (SSSR count). The molecule has 0 spiro atoms. The van der Waals surface area contributed by atoms with Crippen LogP contribution in [0.25, 0.3) is 0 Å². The molecule has 0 aliphatic heterocycles. The summed E-state index contributed by atoms with van der Waals surface area (Å²) in [5.41, 5.74) is 0. The molecule has 0 saturated carbocycles. The Balaban J connectivity index is 5.21. The molecule has 0 aromatic heterocycles. The van der Waals surface area contributed by atoms with Crippen LogP contribution in [0.15, 0.2) is 0 Å². The van der Waals surface area contributed by atoms with E-state index in [1.54, 1.807) is 0 Å². The highest BCUT2D eigenvalue weighted by Gasteiger charge is 2.75. The molecule has 0 aliphatic rings. The average molecular weight is 257 g/mol. The summed E-state index contributed by atoms with van der Waals surface area (Å²) in [7, 11) is 0. The van der Waals surface area contributed by atoms with Gasteiger partial charge in [-0.3, -0.25) is 0 Å². The van der Waals surface area contributed by atoms with Gasteiger partial charge >= 0.3 is 24.2 Å². The molecule has 0 N–H and O–H groups in total. The predicted octanol–water partition coefficient (Wildman–Crippen LogP) is 2.14. The van der Waals surface area contributed by atoms with Crippen LogP contribution < -0.4 is 0 Å². The third-order valence-electron chi connectivity index (χ3n) is 1.40. The average Bonchev–Trinajstić information content (AvgIpc) is 1.99. The molecule has 0 heterocycles. The van der Waals surface area contributed by atoms with Crippen molar-refractivity contribution in [2.24, 2.45) is 0 Å². The first-order valence-electron chi connectivity index (χ1n) is 3.54. The van der Waals surface area contributed by atoms with E-state index in [4.69, 9.17) is 0 Å². The van der Waals surface area contributed by atoms with E-state index < -0.39 is 30.3 Å². The van der Waals surface area contributed by atoms with Crippen LogP contribution in [0.5, 0.6) is 0 Å². The Kier molecular flexibility index (Phi) is 3.80. The Morgan fingerprint density at radius 2 is 1.31 bits per heavy atom. The van der Waals surface area contributed by atoms with Crippen LogP contribution in [0.4, 0.5) is 30.7 Å². The number of halogens is 7. The van der Waals surface area contributed by atoms with E-state index in [9.17, 15) is 40.6 Å². The minimum Gasteiger partial charge on any atom is -0.317 e. The summed E-state index contributed by atoms with van der Waals surface area (Å²) in [6, 6.07) is 0. The number of hydrogen-bond donors (Lipinski definition) is 0. The number of rotatable bonds is 3. The minimum atomic E-state index is -6.45. The van der Waals surface area contributed by atoms with Gasteiger partial charge in [0.25, 0.3) is 0 Å². The monoisotopic (exact) mass is 257 g/mol. The van der Waals surface area contributed by atoms with E-state index in [2.05, 4.69) is 4.74 Å². The molecular weight excluding hydrogens is 253 g/mol. The van der Waals surface area contributed by atoms with Crippen molar-refractivity contribution in [2.75, 3.05) is 0 Å². The summed E-state index contributed by atoms with van der Waals surface area (Å²) in [6.45, 7) is 0.279. The number of hydrogen-bond acceptors (Lipinski definition) is 2. The van der Waals surface area contributed by atoms with Gasteiger partial charge in [-0.05, 0) is 6.92 Å². The molecule has 1 atom stereocenters. The largest absolute Gasteiger partial charge is 0.458 e. The summed E-state index contributed by atoms with van der Waals surface area (Å²) in [4.78, 5) is 9.89. The van der Waals surface area contributed by atoms with Crippen LogP contribution in [0.2, 0.25) is 0 Å². The van der Waals surface area contributed by atoms with Gasteiger partial charge in [0.2, 0.25) is 0 Å². The number of carbonyl (C=O) groups is 1. The molecule has 95 valence electrons. The third-order valence-corrected chi connectivity index (χ3v) is 1.40. The highest BCUT2D eigenvalue weighted by atomic mass is 19.4. The van der Waals surface area contributed by atoms with Crippen molar-refractivity contribution in [3.8, 4) is 0 Å². The van der Waals surface area contributed by atoms with E-state index in [0.29, 0.717) is 0 Å². The highest BCUT2D eigenvalue weighted by molar-refractivity contribution is 5.71. The standard InChI is InChI=1S/C6H4F7O3/c1-2(3(14)15)16-4(7,5(8,9)10)6(11,12)13/h2H,1H3. The lowest BCUT2D eigenvalue weighted by molar-refractivity contribution is -0.435. The van der Waals surface area contributed by atoms with Crippen molar-refractivity contribution >= 4 is 5.97 Å². The zero-order chi connectivity index (χ0) is 13.4. The molecule has 0 aliphatic carbocycles. The molecule has 16 heavy (non-hydrogen) atoms. The van der Waals surface area contributed by atoms with Crippen molar-refractivity contribution in [3.63, 3.8) is 0 Å². The second-order valence-corrected chi connectivity index (χ2v) is 2.67. The van der Waals surface area contributed by atoms with Gasteiger partial charge in [-0.2, -0.15) is 30.7 Å². The first kappa shape index (κ1) is 14.9. The van der Waals surface area contributed by atoms with Gasteiger partial charge in [0, 0.05) is 0 Å². The van der Waals surface area contributed by atoms with E-state index in [1.165, 1.54) is 0 Å². The predicted molar refractivity (Wildman–Crippen MR) is 32.2 cm³/mol. The zero-order valence-corrected chi connectivity index (χ0v) is 7.45. The van der Waals surface area contributed by atoms with Gasteiger partial charge in [-0.15, -0.1) is 0 Å². The molecule has 10 heteroatoms. The SMILES string of the molecule is CC(OC(F)(C(F)(F)F)C(F)(F)F)C([O])=O. The van der Waals surface area contributed by atoms with Crippen molar-refractivity contribution in [3.05, 3.63) is 0 Å². The first-order valence-corrected chi connectivity index (χ1v) is 3.54. The number of carbonyl (C=O) groups excluding carboxylic acids is 1. The van der Waals surface area contributed by atoms with Crippen molar-refractivity contribution < 1.29 is 45.4 Å². The Hall–Kier alpha value is -1.06. The van der Waals surface area contributed by atoms with Crippen LogP contribution >= 0.6 is 0 Å². The van der Waals surface area contributed by atoms with Crippen LogP contribution in [-0.4, -0.2) is 30.3 Å². The van der Waals surface area contributed by atoms with Crippen molar-refractivity contribution in [2.45, 2.75) is 31.2 Å². The quantitative estimate of drug-likeness (QED) is 0.727. The molecule has 1 unspecified atom stereocenters. The smallest absolute Gasteiger partial charge is 0.317 e. The van der Waals surface area contributed by atoms with Gasteiger partial charge < -0.3 is 4.74 Å².